The number of benzene rings is 3. The average Bonchev–Trinajstić information content (AvgIpc) is 3.05. The first-order valence-corrected chi connectivity index (χ1v) is 15.8. The van der Waals surface area contributed by atoms with Crippen molar-refractivity contribution in [3.63, 3.8) is 0 Å². The Kier molecular flexibility index (Phi) is 12.2. The lowest BCUT2D eigenvalue weighted by Gasteiger charge is -2.40. The number of nitrogens with zero attached hydrogens (tertiary/aromatic N) is 1. The predicted molar refractivity (Wildman–Crippen MR) is 176 cm³/mol. The molecule has 3 N–H and O–H groups in total. The van der Waals surface area contributed by atoms with Gasteiger partial charge in [-0.2, -0.15) is 13.2 Å². The molecule has 0 saturated carbocycles. The van der Waals surface area contributed by atoms with E-state index in [9.17, 15) is 37.8 Å². The summed E-state index contributed by atoms with van der Waals surface area (Å²) in [5.41, 5.74) is -0.173. The normalized spacial score (nSPS) is 17.8. The summed E-state index contributed by atoms with van der Waals surface area (Å²) in [7, 11) is 1.36. The lowest BCUT2D eigenvalue weighted by Crippen LogP contribution is -2.54. The van der Waals surface area contributed by atoms with Gasteiger partial charge in [0.05, 0.1) is 38.9 Å². The molecule has 2 amide bonds. The number of carbonyl (C=O) groups excluding carboxylic acids is 3. The van der Waals surface area contributed by atoms with E-state index in [1.165, 1.54) is 42.4 Å². The monoisotopic (exact) mass is 806 g/mol. The summed E-state index contributed by atoms with van der Waals surface area (Å²) in [5.74, 6) is -1.02. The van der Waals surface area contributed by atoms with Crippen LogP contribution in [0.3, 0.4) is 0 Å². The van der Waals surface area contributed by atoms with Crippen LogP contribution in [0, 0.1) is 3.57 Å². The number of aliphatic hydroxyl groups excluding tert-OH is 2. The number of aldehydes is 1. The molecule has 0 unspecified atom stereocenters. The van der Waals surface area contributed by atoms with Crippen LogP contribution in [-0.4, -0.2) is 71.7 Å². The molecule has 0 heterocycles. The van der Waals surface area contributed by atoms with Crippen molar-refractivity contribution in [2.45, 2.75) is 37.4 Å². The van der Waals surface area contributed by atoms with Gasteiger partial charge in [-0.25, -0.2) is 0 Å². The minimum atomic E-state index is -4.63. The molecule has 0 saturated heterocycles. The highest BCUT2D eigenvalue weighted by Crippen LogP contribution is 2.38. The van der Waals surface area contributed by atoms with Gasteiger partial charge in [0.15, 0.2) is 11.5 Å². The summed E-state index contributed by atoms with van der Waals surface area (Å²) >= 11 is 14.2. The predicted octanol–water partition coefficient (Wildman–Crippen LogP) is 5.70. The number of amides is 2. The fourth-order valence-corrected chi connectivity index (χ4v) is 6.05. The van der Waals surface area contributed by atoms with E-state index in [2.05, 4.69) is 5.32 Å². The summed E-state index contributed by atoms with van der Waals surface area (Å²) in [6.07, 6.45) is -5.56. The number of methoxy groups -OCH3 is 1. The topological polar surface area (TPSA) is 125 Å². The zero-order chi connectivity index (χ0) is 34.5. The molecule has 0 spiro atoms. The van der Waals surface area contributed by atoms with Gasteiger partial charge < -0.3 is 29.9 Å². The van der Waals surface area contributed by atoms with Gasteiger partial charge >= 0.3 is 6.18 Å². The van der Waals surface area contributed by atoms with Gasteiger partial charge in [0.25, 0.3) is 5.91 Å². The molecule has 0 aliphatic heterocycles. The van der Waals surface area contributed by atoms with E-state index in [1.54, 1.807) is 6.07 Å². The largest absolute Gasteiger partial charge is 0.493 e. The molecule has 0 bridgehead atoms. The third-order valence-corrected chi connectivity index (χ3v) is 8.85. The standard InChI is InChI=1S/C32H28Cl2F3IN2O7/c1-46-27-12-18(16-42)11-24(38)29(27)47-26-14-20(30(44)39-8-9-41)13-25(28(26)43)40(15-17-2-7-22(33)23(34)10-17)31(45)19-3-5-21(6-4-19)32(35,36)37/h2-7,10-12,14,16,25-26,28,41,43H,8-9,13,15H2,1H3,(H,39,44)/t25-,26+,28+/m1/s1. The highest BCUT2D eigenvalue weighted by atomic mass is 127. The van der Waals surface area contributed by atoms with E-state index < -0.39 is 41.8 Å². The van der Waals surface area contributed by atoms with Crippen molar-refractivity contribution >= 4 is 63.9 Å². The van der Waals surface area contributed by atoms with E-state index in [-0.39, 0.29) is 58.8 Å². The molecule has 3 aromatic carbocycles. The van der Waals surface area contributed by atoms with E-state index >= 15 is 0 Å². The van der Waals surface area contributed by atoms with Gasteiger partial charge in [0.2, 0.25) is 5.91 Å². The van der Waals surface area contributed by atoms with Crippen LogP contribution >= 0.6 is 45.8 Å². The first-order chi connectivity index (χ1) is 22.3. The zero-order valence-electron chi connectivity index (χ0n) is 24.6. The third kappa shape index (κ3) is 8.76. The molecule has 0 fully saturated rings. The van der Waals surface area contributed by atoms with Crippen LogP contribution in [0.15, 0.2) is 66.2 Å². The maximum absolute atomic E-state index is 14.1. The molecular weight excluding hydrogens is 779 g/mol. The van der Waals surface area contributed by atoms with Gasteiger partial charge in [0, 0.05) is 36.2 Å². The van der Waals surface area contributed by atoms with Crippen LogP contribution in [0.25, 0.3) is 0 Å². The molecule has 0 radical (unpaired) electrons. The van der Waals surface area contributed by atoms with Gasteiger partial charge in [0.1, 0.15) is 18.5 Å². The average molecular weight is 807 g/mol. The Morgan fingerprint density at radius 3 is 2.40 bits per heavy atom. The molecule has 15 heteroatoms. The van der Waals surface area contributed by atoms with Gasteiger partial charge in [-0.3, -0.25) is 14.4 Å². The lowest BCUT2D eigenvalue weighted by atomic mass is 9.87. The molecule has 47 heavy (non-hydrogen) atoms. The van der Waals surface area contributed by atoms with Crippen molar-refractivity contribution < 1.29 is 47.2 Å². The van der Waals surface area contributed by atoms with Crippen LogP contribution in [0.1, 0.15) is 38.3 Å². The number of rotatable bonds is 11. The summed E-state index contributed by atoms with van der Waals surface area (Å²) in [4.78, 5) is 39.9. The van der Waals surface area contributed by atoms with Crippen molar-refractivity contribution in [1.82, 2.24) is 10.2 Å². The van der Waals surface area contributed by atoms with Crippen molar-refractivity contribution in [3.05, 3.63) is 102 Å². The first-order valence-electron chi connectivity index (χ1n) is 14.0. The van der Waals surface area contributed by atoms with E-state index in [0.29, 0.717) is 21.0 Å². The number of carbonyl (C=O) groups is 3. The minimum absolute atomic E-state index is 0.0781. The van der Waals surface area contributed by atoms with Gasteiger partial charge in [-0.1, -0.05) is 29.3 Å². The van der Waals surface area contributed by atoms with Gasteiger partial charge in [-0.05, 0) is 82.8 Å². The zero-order valence-corrected chi connectivity index (χ0v) is 28.2. The number of ether oxygens (including phenoxy) is 2. The summed E-state index contributed by atoms with van der Waals surface area (Å²) in [6.45, 7) is -0.615. The Balaban J connectivity index is 1.80. The van der Waals surface area contributed by atoms with Crippen molar-refractivity contribution in [2.24, 2.45) is 0 Å². The maximum Gasteiger partial charge on any atom is 0.416 e. The van der Waals surface area contributed by atoms with Crippen molar-refractivity contribution in [2.75, 3.05) is 20.3 Å². The van der Waals surface area contributed by atoms with E-state index in [1.807, 2.05) is 22.6 Å². The summed E-state index contributed by atoms with van der Waals surface area (Å²) < 4.78 is 51.9. The Hall–Kier alpha value is -3.37. The second kappa shape index (κ2) is 15.7. The molecule has 4 rings (SSSR count). The number of alkyl halides is 3. The fourth-order valence-electron chi connectivity index (χ4n) is 4.98. The van der Waals surface area contributed by atoms with Gasteiger partial charge in [-0.15, -0.1) is 0 Å². The van der Waals surface area contributed by atoms with E-state index in [0.717, 1.165) is 24.3 Å². The van der Waals surface area contributed by atoms with Crippen molar-refractivity contribution in [1.29, 1.82) is 0 Å². The number of halogens is 6. The number of hydrogen-bond donors (Lipinski definition) is 3. The quantitative estimate of drug-likeness (QED) is 0.168. The Labute approximate surface area is 291 Å². The SMILES string of the molecule is COc1cc(C=O)cc(I)c1O[C@H]1C=C(C(=O)NCCO)C[C@@H](N(Cc2ccc(Cl)c(Cl)c2)C(=O)c2ccc(C(F)(F)F)cc2)[C@@H]1O. The van der Waals surface area contributed by atoms with Crippen molar-refractivity contribution in [3.8, 4) is 11.5 Å². The van der Waals surface area contributed by atoms with Crippen LogP contribution in [0.5, 0.6) is 11.5 Å². The Morgan fingerprint density at radius 2 is 1.81 bits per heavy atom. The molecular formula is C32H28Cl2F3IN2O7. The summed E-state index contributed by atoms with van der Waals surface area (Å²) in [6, 6.07) is 10.0. The molecule has 250 valence electrons. The molecule has 1 aliphatic rings. The molecule has 3 atom stereocenters. The highest BCUT2D eigenvalue weighted by molar-refractivity contribution is 14.1. The highest BCUT2D eigenvalue weighted by Gasteiger charge is 2.41. The maximum atomic E-state index is 14.1. The molecule has 0 aromatic heterocycles. The molecule has 3 aromatic rings. The number of hydrogen-bond acceptors (Lipinski definition) is 7. The van der Waals surface area contributed by atoms with Crippen LogP contribution in [-0.2, 0) is 17.5 Å². The smallest absolute Gasteiger partial charge is 0.416 e. The van der Waals surface area contributed by atoms with E-state index in [4.69, 9.17) is 32.7 Å². The number of nitrogens with one attached hydrogen (secondary N) is 1. The van der Waals surface area contributed by atoms with Crippen LogP contribution < -0.4 is 14.8 Å². The van der Waals surface area contributed by atoms with Crippen LogP contribution in [0.2, 0.25) is 10.0 Å². The Morgan fingerprint density at radius 1 is 1.11 bits per heavy atom. The minimum Gasteiger partial charge on any atom is -0.493 e. The first kappa shape index (κ1) is 36.5. The third-order valence-electron chi connectivity index (χ3n) is 7.31. The number of aliphatic hydroxyl groups is 2. The second-order valence-corrected chi connectivity index (χ2v) is 12.4. The Bertz CT molecular complexity index is 1670. The van der Waals surface area contributed by atoms with Crippen LogP contribution in [0.4, 0.5) is 13.2 Å². The molecule has 9 nitrogen and oxygen atoms in total. The lowest BCUT2D eigenvalue weighted by molar-refractivity contribution is -0.137. The fraction of sp³-hybridized carbons (Fsp3) is 0.281. The second-order valence-electron chi connectivity index (χ2n) is 10.4. The molecule has 1 aliphatic carbocycles. The summed E-state index contributed by atoms with van der Waals surface area (Å²) in [5, 5.41) is 24.0.